The highest BCUT2D eigenvalue weighted by Crippen LogP contribution is 2.35. The van der Waals surface area contributed by atoms with E-state index in [1.54, 1.807) is 0 Å². The van der Waals surface area contributed by atoms with Crippen LogP contribution in [-0.2, 0) is 0 Å². The Bertz CT molecular complexity index is 178. The van der Waals surface area contributed by atoms with Crippen LogP contribution in [-0.4, -0.2) is 10.7 Å². The molecule has 1 heteroatoms. The fraction of sp³-hybridized carbons (Fsp3) is 1.00. The topological polar surface area (TPSA) is 20.2 Å². The number of hydrogen-bond acceptors (Lipinski definition) is 1. The summed E-state index contributed by atoms with van der Waals surface area (Å²) >= 11 is 0. The van der Waals surface area contributed by atoms with Gasteiger partial charge in [0.2, 0.25) is 0 Å². The third kappa shape index (κ3) is 4.86. The van der Waals surface area contributed by atoms with Crippen molar-refractivity contribution >= 4 is 0 Å². The van der Waals surface area contributed by atoms with Gasteiger partial charge in [-0.2, -0.15) is 0 Å². The van der Waals surface area contributed by atoms with Crippen molar-refractivity contribution in [2.75, 3.05) is 0 Å². The van der Waals surface area contributed by atoms with Crippen molar-refractivity contribution in [1.29, 1.82) is 0 Å². The highest BCUT2D eigenvalue weighted by atomic mass is 16.3. The van der Waals surface area contributed by atoms with Crippen molar-refractivity contribution in [3.63, 3.8) is 0 Å². The second-order valence-electron chi connectivity index (χ2n) is 5.77. The van der Waals surface area contributed by atoms with Gasteiger partial charge in [0.1, 0.15) is 0 Å². The Labute approximate surface area is 102 Å². The first-order valence-corrected chi connectivity index (χ1v) is 7.42. The Balaban J connectivity index is 2.32. The van der Waals surface area contributed by atoms with Crippen molar-refractivity contribution in [3.05, 3.63) is 0 Å². The maximum atomic E-state index is 10.6. The van der Waals surface area contributed by atoms with Gasteiger partial charge >= 0.3 is 0 Å². The molecule has 1 fully saturated rings. The van der Waals surface area contributed by atoms with E-state index in [1.807, 2.05) is 0 Å². The summed E-state index contributed by atoms with van der Waals surface area (Å²) in [6, 6.07) is 0. The summed E-state index contributed by atoms with van der Waals surface area (Å²) in [6.07, 6.45) is 13.4. The van der Waals surface area contributed by atoms with Gasteiger partial charge in [-0.05, 0) is 31.6 Å². The third-order valence-corrected chi connectivity index (χ3v) is 4.22. The molecule has 0 spiro atoms. The van der Waals surface area contributed by atoms with Gasteiger partial charge in [0.25, 0.3) is 0 Å². The van der Waals surface area contributed by atoms with Crippen LogP contribution in [0.1, 0.15) is 84.5 Å². The van der Waals surface area contributed by atoms with Crippen LogP contribution >= 0.6 is 0 Å². The highest BCUT2D eigenvalue weighted by molar-refractivity contribution is 4.83. The zero-order valence-electron chi connectivity index (χ0n) is 11.3. The Morgan fingerprint density at radius 1 is 1.06 bits per heavy atom. The maximum absolute atomic E-state index is 10.6. The Morgan fingerprint density at radius 3 is 2.56 bits per heavy atom. The van der Waals surface area contributed by atoms with Crippen LogP contribution in [0.4, 0.5) is 0 Å². The molecule has 96 valence electrons. The van der Waals surface area contributed by atoms with Crippen LogP contribution in [0.25, 0.3) is 0 Å². The molecule has 1 aliphatic rings. The summed E-state index contributed by atoms with van der Waals surface area (Å²) in [7, 11) is 0. The van der Waals surface area contributed by atoms with E-state index in [-0.39, 0.29) is 5.60 Å². The van der Waals surface area contributed by atoms with Gasteiger partial charge in [-0.3, -0.25) is 0 Å². The van der Waals surface area contributed by atoms with E-state index in [1.165, 1.54) is 51.4 Å². The molecule has 2 unspecified atom stereocenters. The monoisotopic (exact) mass is 226 g/mol. The number of aliphatic hydroxyl groups is 1. The average Bonchev–Trinajstić information content (AvgIpc) is 2.43. The lowest BCUT2D eigenvalue weighted by molar-refractivity contribution is 0.0130. The van der Waals surface area contributed by atoms with Crippen LogP contribution in [0.5, 0.6) is 0 Å². The molecule has 1 saturated carbocycles. The zero-order chi connectivity index (χ0) is 11.9. The number of rotatable bonds is 6. The lowest BCUT2D eigenvalue weighted by Gasteiger charge is -2.26. The molecule has 1 rings (SSSR count). The minimum Gasteiger partial charge on any atom is -0.390 e. The molecule has 16 heavy (non-hydrogen) atoms. The van der Waals surface area contributed by atoms with Gasteiger partial charge in [-0.25, -0.2) is 0 Å². The predicted octanol–water partition coefficient (Wildman–Crippen LogP) is 4.68. The molecule has 0 amide bonds. The minimum absolute atomic E-state index is 0.308. The molecule has 0 saturated heterocycles. The Hall–Kier alpha value is -0.0400. The summed E-state index contributed by atoms with van der Waals surface area (Å²) in [5.41, 5.74) is -0.308. The fourth-order valence-corrected chi connectivity index (χ4v) is 3.11. The summed E-state index contributed by atoms with van der Waals surface area (Å²) in [5, 5.41) is 10.6. The summed E-state index contributed by atoms with van der Waals surface area (Å²) in [4.78, 5) is 0. The van der Waals surface area contributed by atoms with Gasteiger partial charge in [-0.15, -0.1) is 0 Å². The largest absolute Gasteiger partial charge is 0.390 e. The Kier molecular flexibility index (Phi) is 6.41. The molecule has 0 bridgehead atoms. The molecular weight excluding hydrogens is 196 g/mol. The van der Waals surface area contributed by atoms with Gasteiger partial charge in [0.05, 0.1) is 5.60 Å². The molecule has 2 atom stereocenters. The van der Waals surface area contributed by atoms with E-state index >= 15 is 0 Å². The van der Waals surface area contributed by atoms with Crippen molar-refractivity contribution in [1.82, 2.24) is 0 Å². The van der Waals surface area contributed by atoms with Crippen LogP contribution in [0, 0.1) is 5.92 Å². The third-order valence-electron chi connectivity index (χ3n) is 4.22. The Morgan fingerprint density at radius 2 is 1.88 bits per heavy atom. The lowest BCUT2D eigenvalue weighted by atomic mass is 9.88. The highest BCUT2D eigenvalue weighted by Gasteiger charge is 2.29. The molecule has 1 N–H and O–H groups in total. The van der Waals surface area contributed by atoms with E-state index < -0.39 is 0 Å². The molecule has 0 aromatic rings. The van der Waals surface area contributed by atoms with Crippen molar-refractivity contribution < 1.29 is 5.11 Å². The van der Waals surface area contributed by atoms with Crippen LogP contribution in [0.2, 0.25) is 0 Å². The second kappa shape index (κ2) is 7.32. The minimum atomic E-state index is -0.308. The first-order valence-electron chi connectivity index (χ1n) is 7.42. The van der Waals surface area contributed by atoms with Crippen LogP contribution in [0.15, 0.2) is 0 Å². The smallest absolute Gasteiger partial charge is 0.0648 e. The van der Waals surface area contributed by atoms with E-state index in [0.29, 0.717) is 0 Å². The molecule has 0 aromatic heterocycles. The van der Waals surface area contributed by atoms with Crippen molar-refractivity contribution in [2.45, 2.75) is 90.1 Å². The van der Waals surface area contributed by atoms with Crippen LogP contribution in [0.3, 0.4) is 0 Å². The normalized spacial score (nSPS) is 31.3. The lowest BCUT2D eigenvalue weighted by Crippen LogP contribution is -2.27. The van der Waals surface area contributed by atoms with Crippen LogP contribution < -0.4 is 0 Å². The number of hydrogen-bond donors (Lipinski definition) is 1. The molecule has 1 aliphatic carbocycles. The molecule has 0 aliphatic heterocycles. The maximum Gasteiger partial charge on any atom is 0.0648 e. The molecule has 1 nitrogen and oxygen atoms in total. The first-order chi connectivity index (χ1) is 7.70. The molecular formula is C15H30O. The van der Waals surface area contributed by atoms with E-state index in [4.69, 9.17) is 0 Å². The predicted molar refractivity (Wildman–Crippen MR) is 70.6 cm³/mol. The van der Waals surface area contributed by atoms with E-state index in [9.17, 15) is 5.11 Å². The van der Waals surface area contributed by atoms with Gasteiger partial charge < -0.3 is 5.11 Å². The van der Waals surface area contributed by atoms with Gasteiger partial charge in [0, 0.05) is 0 Å². The number of unbranched alkanes of at least 4 members (excludes halogenated alkanes) is 2. The van der Waals surface area contributed by atoms with E-state index in [0.717, 1.165) is 25.2 Å². The van der Waals surface area contributed by atoms with Gasteiger partial charge in [-0.1, -0.05) is 58.8 Å². The SMILES string of the molecule is CCCCCC1(O)CCCC(CCC)CC1. The molecule has 0 heterocycles. The van der Waals surface area contributed by atoms with Crippen molar-refractivity contribution in [2.24, 2.45) is 5.92 Å². The summed E-state index contributed by atoms with van der Waals surface area (Å²) in [6.45, 7) is 4.51. The standard InChI is InChI=1S/C15H30O/c1-3-5-6-11-15(16)12-7-9-14(8-4-2)10-13-15/h14,16H,3-13H2,1-2H3. The average molecular weight is 226 g/mol. The van der Waals surface area contributed by atoms with E-state index in [2.05, 4.69) is 13.8 Å². The fourth-order valence-electron chi connectivity index (χ4n) is 3.11. The van der Waals surface area contributed by atoms with Crippen molar-refractivity contribution in [3.8, 4) is 0 Å². The summed E-state index contributed by atoms with van der Waals surface area (Å²) in [5.74, 6) is 0.894. The second-order valence-corrected chi connectivity index (χ2v) is 5.77. The summed E-state index contributed by atoms with van der Waals surface area (Å²) < 4.78 is 0. The first kappa shape index (κ1) is 14.0. The quantitative estimate of drug-likeness (QED) is 0.515. The molecule has 0 radical (unpaired) electrons. The zero-order valence-corrected chi connectivity index (χ0v) is 11.3. The van der Waals surface area contributed by atoms with Gasteiger partial charge in [0.15, 0.2) is 0 Å². The molecule has 0 aromatic carbocycles.